The van der Waals surface area contributed by atoms with E-state index in [1.54, 1.807) is 0 Å². The molecule has 0 saturated carbocycles. The van der Waals surface area contributed by atoms with Crippen LogP contribution in [0.2, 0.25) is 0 Å². The van der Waals surface area contributed by atoms with Crippen molar-refractivity contribution in [2.75, 3.05) is 19.6 Å². The van der Waals surface area contributed by atoms with Crippen molar-refractivity contribution in [2.24, 2.45) is 11.7 Å². The van der Waals surface area contributed by atoms with E-state index in [1.807, 2.05) is 0 Å². The van der Waals surface area contributed by atoms with Gasteiger partial charge in [0.15, 0.2) is 0 Å². The molecule has 1 fully saturated rings. The molecule has 1 aliphatic rings. The highest BCUT2D eigenvalue weighted by Gasteiger charge is 2.19. The maximum Gasteiger partial charge on any atom is 0.223 e. The molecule has 4 N–H and O–H groups in total. The fourth-order valence-corrected chi connectivity index (χ4v) is 1.70. The molecule has 0 atom stereocenters. The molecule has 5 heteroatoms. The van der Waals surface area contributed by atoms with Crippen LogP contribution < -0.4 is 16.4 Å². The number of nitrogens with one attached hydrogen (secondary N) is 2. The SMILES string of the molecule is NC(=O)CCCNC(=O)C1CCNCC1. The fraction of sp³-hybridized carbons (Fsp3) is 0.800. The van der Waals surface area contributed by atoms with E-state index in [0.29, 0.717) is 19.4 Å². The number of piperidine rings is 1. The van der Waals surface area contributed by atoms with Gasteiger partial charge in [0.2, 0.25) is 11.8 Å². The number of hydrogen-bond donors (Lipinski definition) is 3. The van der Waals surface area contributed by atoms with Crippen LogP contribution in [0.4, 0.5) is 0 Å². The molecule has 0 aliphatic carbocycles. The Hall–Kier alpha value is -1.10. The molecule has 1 saturated heterocycles. The van der Waals surface area contributed by atoms with E-state index in [1.165, 1.54) is 0 Å². The molecule has 0 aromatic rings. The number of carbonyl (C=O) groups is 2. The average Bonchev–Trinajstić information content (AvgIpc) is 2.25. The summed E-state index contributed by atoms with van der Waals surface area (Å²) in [5, 5.41) is 6.04. The van der Waals surface area contributed by atoms with Gasteiger partial charge in [-0.1, -0.05) is 0 Å². The van der Waals surface area contributed by atoms with Gasteiger partial charge in [-0.2, -0.15) is 0 Å². The van der Waals surface area contributed by atoms with Gasteiger partial charge in [-0.3, -0.25) is 9.59 Å². The van der Waals surface area contributed by atoms with Crippen LogP contribution in [0.3, 0.4) is 0 Å². The molecule has 0 radical (unpaired) electrons. The molecule has 0 aromatic carbocycles. The molecule has 0 bridgehead atoms. The van der Waals surface area contributed by atoms with E-state index in [-0.39, 0.29) is 17.7 Å². The predicted molar refractivity (Wildman–Crippen MR) is 57.0 cm³/mol. The van der Waals surface area contributed by atoms with E-state index in [2.05, 4.69) is 10.6 Å². The van der Waals surface area contributed by atoms with Crippen LogP contribution in [-0.2, 0) is 9.59 Å². The van der Waals surface area contributed by atoms with Crippen molar-refractivity contribution in [1.29, 1.82) is 0 Å². The van der Waals surface area contributed by atoms with Gasteiger partial charge >= 0.3 is 0 Å². The molecule has 15 heavy (non-hydrogen) atoms. The van der Waals surface area contributed by atoms with E-state index < -0.39 is 0 Å². The van der Waals surface area contributed by atoms with Crippen LogP contribution in [-0.4, -0.2) is 31.4 Å². The highest BCUT2D eigenvalue weighted by atomic mass is 16.2. The number of primary amides is 1. The van der Waals surface area contributed by atoms with Crippen molar-refractivity contribution in [3.8, 4) is 0 Å². The van der Waals surface area contributed by atoms with E-state index in [9.17, 15) is 9.59 Å². The van der Waals surface area contributed by atoms with Gasteiger partial charge in [-0.25, -0.2) is 0 Å². The Morgan fingerprint density at radius 3 is 2.60 bits per heavy atom. The number of rotatable bonds is 5. The Bertz CT molecular complexity index is 225. The summed E-state index contributed by atoms with van der Waals surface area (Å²) in [5.74, 6) is -0.0630. The Kier molecular flexibility index (Phi) is 5.10. The molecule has 1 rings (SSSR count). The Balaban J connectivity index is 2.09. The topological polar surface area (TPSA) is 84.2 Å². The van der Waals surface area contributed by atoms with Crippen LogP contribution >= 0.6 is 0 Å². The second-order valence-corrected chi connectivity index (χ2v) is 3.89. The number of nitrogens with two attached hydrogens (primary N) is 1. The minimum Gasteiger partial charge on any atom is -0.370 e. The maximum absolute atomic E-state index is 11.6. The van der Waals surface area contributed by atoms with Crippen LogP contribution in [0.25, 0.3) is 0 Å². The van der Waals surface area contributed by atoms with Crippen molar-refractivity contribution < 1.29 is 9.59 Å². The lowest BCUT2D eigenvalue weighted by Gasteiger charge is -2.21. The smallest absolute Gasteiger partial charge is 0.223 e. The third-order valence-corrected chi connectivity index (χ3v) is 2.61. The lowest BCUT2D eigenvalue weighted by molar-refractivity contribution is -0.126. The van der Waals surface area contributed by atoms with Crippen molar-refractivity contribution in [3.05, 3.63) is 0 Å². The second kappa shape index (κ2) is 6.40. The third-order valence-electron chi connectivity index (χ3n) is 2.61. The minimum absolute atomic E-state index is 0.112. The summed E-state index contributed by atoms with van der Waals surface area (Å²) in [6.07, 6.45) is 2.78. The Morgan fingerprint density at radius 1 is 1.33 bits per heavy atom. The van der Waals surface area contributed by atoms with Gasteiger partial charge in [0.05, 0.1) is 0 Å². The van der Waals surface area contributed by atoms with Crippen LogP contribution in [0.15, 0.2) is 0 Å². The summed E-state index contributed by atoms with van der Waals surface area (Å²) in [4.78, 5) is 22.0. The van der Waals surface area contributed by atoms with Gasteiger partial charge in [0.25, 0.3) is 0 Å². The molecular formula is C10H19N3O2. The van der Waals surface area contributed by atoms with Crippen LogP contribution in [0.5, 0.6) is 0 Å². The van der Waals surface area contributed by atoms with Gasteiger partial charge in [-0.05, 0) is 32.4 Å². The van der Waals surface area contributed by atoms with Crippen molar-refractivity contribution in [3.63, 3.8) is 0 Å². The first kappa shape index (κ1) is 12.0. The zero-order valence-electron chi connectivity index (χ0n) is 8.92. The molecule has 0 unspecified atom stereocenters. The summed E-state index contributed by atoms with van der Waals surface area (Å²) in [6, 6.07) is 0. The maximum atomic E-state index is 11.6. The lowest BCUT2D eigenvalue weighted by atomic mass is 9.97. The monoisotopic (exact) mass is 213 g/mol. The number of hydrogen-bond acceptors (Lipinski definition) is 3. The second-order valence-electron chi connectivity index (χ2n) is 3.89. The van der Waals surface area contributed by atoms with E-state index in [0.717, 1.165) is 25.9 Å². The summed E-state index contributed by atoms with van der Waals surface area (Å²) < 4.78 is 0. The molecule has 1 heterocycles. The van der Waals surface area contributed by atoms with Gasteiger partial charge in [0.1, 0.15) is 0 Å². The van der Waals surface area contributed by atoms with Gasteiger partial charge in [-0.15, -0.1) is 0 Å². The first-order valence-electron chi connectivity index (χ1n) is 5.47. The molecular weight excluding hydrogens is 194 g/mol. The van der Waals surface area contributed by atoms with Crippen LogP contribution in [0.1, 0.15) is 25.7 Å². The van der Waals surface area contributed by atoms with Crippen LogP contribution in [0, 0.1) is 5.92 Å². The first-order valence-corrected chi connectivity index (χ1v) is 5.47. The molecule has 2 amide bonds. The first-order chi connectivity index (χ1) is 7.20. The summed E-state index contributed by atoms with van der Waals surface area (Å²) in [5.41, 5.74) is 4.99. The summed E-state index contributed by atoms with van der Waals surface area (Å²) in [6.45, 7) is 2.38. The largest absolute Gasteiger partial charge is 0.370 e. The lowest BCUT2D eigenvalue weighted by Crippen LogP contribution is -2.38. The van der Waals surface area contributed by atoms with Crippen molar-refractivity contribution in [1.82, 2.24) is 10.6 Å². The van der Waals surface area contributed by atoms with E-state index in [4.69, 9.17) is 5.73 Å². The quantitative estimate of drug-likeness (QED) is 0.531. The van der Waals surface area contributed by atoms with Gasteiger partial charge in [0, 0.05) is 18.9 Å². The average molecular weight is 213 g/mol. The van der Waals surface area contributed by atoms with Gasteiger partial charge < -0.3 is 16.4 Å². The van der Waals surface area contributed by atoms with Crippen molar-refractivity contribution >= 4 is 11.8 Å². The van der Waals surface area contributed by atoms with Crippen molar-refractivity contribution in [2.45, 2.75) is 25.7 Å². The zero-order valence-corrected chi connectivity index (χ0v) is 8.92. The third kappa shape index (κ3) is 4.78. The Morgan fingerprint density at radius 2 is 2.00 bits per heavy atom. The minimum atomic E-state index is -0.314. The molecule has 86 valence electrons. The number of carbonyl (C=O) groups excluding carboxylic acids is 2. The number of amides is 2. The fourth-order valence-electron chi connectivity index (χ4n) is 1.70. The summed E-state index contributed by atoms with van der Waals surface area (Å²) >= 11 is 0. The van der Waals surface area contributed by atoms with E-state index >= 15 is 0 Å². The Labute approximate surface area is 89.8 Å². The molecule has 1 aliphatic heterocycles. The highest BCUT2D eigenvalue weighted by molar-refractivity contribution is 5.78. The molecule has 5 nitrogen and oxygen atoms in total. The standard InChI is InChI=1S/C10H19N3O2/c11-9(14)2-1-5-13-10(15)8-3-6-12-7-4-8/h8,12H,1-7H2,(H2,11,14)(H,13,15). The predicted octanol–water partition coefficient (Wildman–Crippen LogP) is -0.632. The zero-order chi connectivity index (χ0) is 11.1. The highest BCUT2D eigenvalue weighted by Crippen LogP contribution is 2.11. The molecule has 0 spiro atoms. The molecule has 0 aromatic heterocycles. The normalized spacial score (nSPS) is 17.3. The summed E-state index contributed by atoms with van der Waals surface area (Å²) in [7, 11) is 0.